The minimum Gasteiger partial charge on any atom is -0.378 e. The van der Waals surface area contributed by atoms with Gasteiger partial charge in [0.15, 0.2) is 0 Å². The molecule has 3 heterocycles. The van der Waals surface area contributed by atoms with Crippen LogP contribution in [0, 0.1) is 6.92 Å². The first-order valence-corrected chi connectivity index (χ1v) is 10.1. The van der Waals surface area contributed by atoms with E-state index < -0.39 is 0 Å². The average molecular weight is 419 g/mol. The van der Waals surface area contributed by atoms with Gasteiger partial charge in [0.05, 0.1) is 18.2 Å². The highest BCUT2D eigenvalue weighted by Crippen LogP contribution is 2.31. The molecule has 2 aliphatic heterocycles. The lowest BCUT2D eigenvalue weighted by molar-refractivity contribution is 0.0362. The maximum Gasteiger partial charge on any atom is 0.320 e. The van der Waals surface area contributed by atoms with Crippen molar-refractivity contribution in [1.29, 1.82) is 0 Å². The number of carbonyl (C=O) groups excluding carboxylic acids is 2. The lowest BCUT2D eigenvalue weighted by atomic mass is 10.0. The Hall–Kier alpha value is -2.58. The van der Waals surface area contributed by atoms with Gasteiger partial charge in [0.25, 0.3) is 5.91 Å². The van der Waals surface area contributed by atoms with Crippen LogP contribution in [0.1, 0.15) is 16.1 Å². The molecule has 3 amide bonds. The summed E-state index contributed by atoms with van der Waals surface area (Å²) in [5, 5.41) is 4.59. The molecular weight excluding hydrogens is 396 g/mol. The molecule has 8 nitrogen and oxygen atoms in total. The number of rotatable bonds is 2. The van der Waals surface area contributed by atoms with Crippen molar-refractivity contribution in [1.82, 2.24) is 19.9 Å². The summed E-state index contributed by atoms with van der Waals surface area (Å²) in [5.74, 6) is 0.300. The molecule has 1 aromatic heterocycles. The highest BCUT2D eigenvalue weighted by Gasteiger charge is 2.31. The summed E-state index contributed by atoms with van der Waals surface area (Å²) in [5.41, 5.74) is 1.53. The maximum atomic E-state index is 13.2. The minimum atomic E-state index is -0.155. The molecule has 2 fully saturated rings. The number of ether oxygens (including phenoxy) is 1. The van der Waals surface area contributed by atoms with E-state index in [0.717, 1.165) is 0 Å². The highest BCUT2D eigenvalue weighted by atomic mass is 35.5. The number of amides is 3. The number of morpholine rings is 1. The molecule has 0 aliphatic carbocycles. The standard InChI is InChI=1S/C20H23ClN4O4/c1-14-17(18(22-29-14)15-4-2-3-5-16(15)21)19(26)23-6-8-24(9-7-23)20(27)25-10-12-28-13-11-25/h2-5H,6-13H2,1H3. The summed E-state index contributed by atoms with van der Waals surface area (Å²) < 4.78 is 10.6. The van der Waals surface area contributed by atoms with E-state index in [9.17, 15) is 9.59 Å². The number of aryl methyl sites for hydroxylation is 1. The SMILES string of the molecule is Cc1onc(-c2ccccc2Cl)c1C(=O)N1CCN(C(=O)N2CCOCC2)CC1. The number of piperazine rings is 1. The van der Waals surface area contributed by atoms with Gasteiger partial charge in [0.2, 0.25) is 0 Å². The van der Waals surface area contributed by atoms with Gasteiger partial charge in [-0.25, -0.2) is 4.79 Å². The summed E-state index contributed by atoms with van der Waals surface area (Å²) >= 11 is 6.29. The molecule has 2 saturated heterocycles. The van der Waals surface area contributed by atoms with E-state index in [1.165, 1.54) is 0 Å². The van der Waals surface area contributed by atoms with Crippen LogP contribution in [0.2, 0.25) is 5.02 Å². The predicted octanol–water partition coefficient (Wildman–Crippen LogP) is 2.51. The third kappa shape index (κ3) is 3.95. The second-order valence-electron chi connectivity index (χ2n) is 7.10. The van der Waals surface area contributed by atoms with Gasteiger partial charge in [-0.15, -0.1) is 0 Å². The lowest BCUT2D eigenvalue weighted by Gasteiger charge is -2.38. The van der Waals surface area contributed by atoms with E-state index in [1.54, 1.807) is 27.7 Å². The van der Waals surface area contributed by atoms with Crippen LogP contribution in [0.25, 0.3) is 11.3 Å². The van der Waals surface area contributed by atoms with E-state index in [-0.39, 0.29) is 11.9 Å². The average Bonchev–Trinajstić information content (AvgIpc) is 3.15. The Balaban J connectivity index is 1.46. The van der Waals surface area contributed by atoms with Crippen molar-refractivity contribution in [2.24, 2.45) is 0 Å². The van der Waals surface area contributed by atoms with E-state index in [4.69, 9.17) is 20.9 Å². The molecular formula is C20H23ClN4O4. The van der Waals surface area contributed by atoms with Crippen LogP contribution in [-0.4, -0.2) is 84.3 Å². The molecule has 2 aromatic rings. The number of carbonyl (C=O) groups is 2. The number of benzene rings is 1. The number of halogens is 1. The van der Waals surface area contributed by atoms with Crippen molar-refractivity contribution >= 4 is 23.5 Å². The first kappa shape index (κ1) is 19.7. The zero-order valence-electron chi connectivity index (χ0n) is 16.3. The normalized spacial score (nSPS) is 17.5. The zero-order chi connectivity index (χ0) is 20.4. The lowest BCUT2D eigenvalue weighted by Crippen LogP contribution is -2.55. The van der Waals surface area contributed by atoms with Crippen molar-refractivity contribution in [3.63, 3.8) is 0 Å². The van der Waals surface area contributed by atoms with Crippen LogP contribution in [-0.2, 0) is 4.74 Å². The van der Waals surface area contributed by atoms with Gasteiger partial charge in [-0.2, -0.15) is 0 Å². The first-order chi connectivity index (χ1) is 14.1. The number of hydrogen-bond acceptors (Lipinski definition) is 5. The molecule has 9 heteroatoms. The molecule has 0 radical (unpaired) electrons. The Morgan fingerprint density at radius 3 is 2.28 bits per heavy atom. The first-order valence-electron chi connectivity index (χ1n) is 9.68. The largest absolute Gasteiger partial charge is 0.378 e. The van der Waals surface area contributed by atoms with Crippen LogP contribution in [0.5, 0.6) is 0 Å². The van der Waals surface area contributed by atoms with Crippen molar-refractivity contribution < 1.29 is 18.8 Å². The monoisotopic (exact) mass is 418 g/mol. The Bertz CT molecular complexity index is 902. The smallest absolute Gasteiger partial charge is 0.320 e. The summed E-state index contributed by atoms with van der Waals surface area (Å²) in [4.78, 5) is 31.2. The molecule has 0 unspecified atom stereocenters. The molecule has 154 valence electrons. The van der Waals surface area contributed by atoms with Crippen molar-refractivity contribution in [2.45, 2.75) is 6.92 Å². The number of nitrogens with zero attached hydrogens (tertiary/aromatic N) is 4. The summed E-state index contributed by atoms with van der Waals surface area (Å²) in [7, 11) is 0. The Kier molecular flexibility index (Phi) is 5.73. The third-order valence-corrected chi connectivity index (χ3v) is 5.65. The Labute approximate surface area is 173 Å². The topological polar surface area (TPSA) is 79.1 Å². The molecule has 0 bridgehead atoms. The van der Waals surface area contributed by atoms with Crippen LogP contribution >= 0.6 is 11.6 Å². The molecule has 29 heavy (non-hydrogen) atoms. The van der Waals surface area contributed by atoms with Crippen molar-refractivity contribution in [2.75, 3.05) is 52.5 Å². The minimum absolute atomic E-state index is 0.0123. The molecule has 0 saturated carbocycles. The summed E-state index contributed by atoms with van der Waals surface area (Å²) in [6.07, 6.45) is 0. The van der Waals surface area contributed by atoms with Gasteiger partial charge in [-0.05, 0) is 13.0 Å². The molecule has 0 N–H and O–H groups in total. The van der Waals surface area contributed by atoms with E-state index in [1.807, 2.05) is 18.2 Å². The van der Waals surface area contributed by atoms with Gasteiger partial charge in [-0.1, -0.05) is 35.0 Å². The second-order valence-corrected chi connectivity index (χ2v) is 7.51. The molecule has 0 atom stereocenters. The van der Waals surface area contributed by atoms with Gasteiger partial charge in [0.1, 0.15) is 17.0 Å². The Morgan fingerprint density at radius 1 is 0.966 bits per heavy atom. The van der Waals surface area contributed by atoms with Crippen LogP contribution < -0.4 is 0 Å². The van der Waals surface area contributed by atoms with Crippen LogP contribution in [0.4, 0.5) is 4.79 Å². The fourth-order valence-electron chi connectivity index (χ4n) is 3.67. The maximum absolute atomic E-state index is 13.2. The Morgan fingerprint density at radius 2 is 1.59 bits per heavy atom. The number of urea groups is 1. The highest BCUT2D eigenvalue weighted by molar-refractivity contribution is 6.33. The third-order valence-electron chi connectivity index (χ3n) is 5.32. The number of aromatic nitrogens is 1. The quantitative estimate of drug-likeness (QED) is 0.748. The van der Waals surface area contributed by atoms with Crippen LogP contribution in [0.3, 0.4) is 0 Å². The number of hydrogen-bond donors (Lipinski definition) is 0. The van der Waals surface area contributed by atoms with Crippen molar-refractivity contribution in [3.05, 3.63) is 40.6 Å². The van der Waals surface area contributed by atoms with Gasteiger partial charge >= 0.3 is 6.03 Å². The molecule has 0 spiro atoms. The predicted molar refractivity (Wildman–Crippen MR) is 107 cm³/mol. The molecule has 2 aliphatic rings. The molecule has 4 rings (SSSR count). The molecule has 1 aromatic carbocycles. The van der Waals surface area contributed by atoms with Crippen molar-refractivity contribution in [3.8, 4) is 11.3 Å². The fraction of sp³-hybridized carbons (Fsp3) is 0.450. The van der Waals surface area contributed by atoms with E-state index in [2.05, 4.69) is 5.16 Å². The second kappa shape index (κ2) is 8.42. The zero-order valence-corrected chi connectivity index (χ0v) is 17.0. The van der Waals surface area contributed by atoms with Gasteiger partial charge in [0, 0.05) is 44.8 Å². The van der Waals surface area contributed by atoms with E-state index >= 15 is 0 Å². The summed E-state index contributed by atoms with van der Waals surface area (Å²) in [6, 6.07) is 7.25. The fourth-order valence-corrected chi connectivity index (χ4v) is 3.90. The van der Waals surface area contributed by atoms with Gasteiger partial charge in [-0.3, -0.25) is 4.79 Å². The van der Waals surface area contributed by atoms with Gasteiger partial charge < -0.3 is 24.0 Å². The van der Waals surface area contributed by atoms with Crippen LogP contribution in [0.15, 0.2) is 28.8 Å². The summed E-state index contributed by atoms with van der Waals surface area (Å²) in [6.45, 7) is 5.99. The van der Waals surface area contributed by atoms with E-state index in [0.29, 0.717) is 80.1 Å².